The molecule has 1 aromatic carbocycles. The first-order valence-corrected chi connectivity index (χ1v) is 9.75. The molecule has 1 aromatic rings. The van der Waals surface area contributed by atoms with Gasteiger partial charge in [0, 0.05) is 16.4 Å². The van der Waals surface area contributed by atoms with Gasteiger partial charge < -0.3 is 15.2 Å². The second kappa shape index (κ2) is 9.02. The number of hydrogen-bond donors (Lipinski definition) is 2. The summed E-state index contributed by atoms with van der Waals surface area (Å²) < 4.78 is 6.62. The molecule has 0 amide bonds. The van der Waals surface area contributed by atoms with E-state index in [-0.39, 0.29) is 6.04 Å². The minimum absolute atomic E-state index is 0.288. The van der Waals surface area contributed by atoms with Gasteiger partial charge in [0.15, 0.2) is 0 Å². The Morgan fingerprint density at radius 3 is 2.58 bits per heavy atom. The normalized spacial score (nSPS) is 25.2. The van der Waals surface area contributed by atoms with Crippen LogP contribution in [0.25, 0.3) is 0 Å². The van der Waals surface area contributed by atoms with E-state index in [0.29, 0.717) is 12.5 Å². The van der Waals surface area contributed by atoms with Crippen molar-refractivity contribution in [2.45, 2.75) is 57.6 Å². The number of rotatable bonds is 8. The average molecular weight is 396 g/mol. The van der Waals surface area contributed by atoms with E-state index in [2.05, 4.69) is 59.0 Å². The minimum atomic E-state index is -0.546. The zero-order valence-corrected chi connectivity index (χ0v) is 16.4. The fourth-order valence-electron chi connectivity index (χ4n) is 3.42. The third-order valence-electron chi connectivity index (χ3n) is 5.11. The SMILES string of the molecule is C=C(OCC)C1CCC(O)(CCN[C@@H](C)c2ccc(Br)cc2)CC1. The molecule has 0 aromatic heterocycles. The van der Waals surface area contributed by atoms with Crippen molar-refractivity contribution in [1.29, 1.82) is 0 Å². The fourth-order valence-corrected chi connectivity index (χ4v) is 3.69. The van der Waals surface area contributed by atoms with E-state index in [1.54, 1.807) is 0 Å². The molecular formula is C20H30BrNO2. The molecule has 134 valence electrons. The molecule has 1 aliphatic rings. The second-order valence-corrected chi connectivity index (χ2v) is 7.79. The van der Waals surface area contributed by atoms with Crippen LogP contribution in [0.1, 0.15) is 57.6 Å². The lowest BCUT2D eigenvalue weighted by Gasteiger charge is -2.36. The summed E-state index contributed by atoms with van der Waals surface area (Å²) in [6.07, 6.45) is 4.40. The van der Waals surface area contributed by atoms with Gasteiger partial charge in [-0.15, -0.1) is 0 Å². The predicted octanol–water partition coefficient (Wildman–Crippen LogP) is 4.96. The smallest absolute Gasteiger partial charge is 0.0918 e. The molecule has 3 nitrogen and oxygen atoms in total. The Hall–Kier alpha value is -0.840. The van der Waals surface area contributed by atoms with Gasteiger partial charge in [-0.1, -0.05) is 34.6 Å². The molecule has 1 saturated carbocycles. The molecule has 0 saturated heterocycles. The number of allylic oxidation sites excluding steroid dienone is 1. The fraction of sp³-hybridized carbons (Fsp3) is 0.600. The maximum atomic E-state index is 10.8. The van der Waals surface area contributed by atoms with Crippen molar-refractivity contribution in [3.63, 3.8) is 0 Å². The van der Waals surface area contributed by atoms with Gasteiger partial charge in [0.05, 0.1) is 18.0 Å². The lowest BCUT2D eigenvalue weighted by Crippen LogP contribution is -2.38. The highest BCUT2D eigenvalue weighted by atomic mass is 79.9. The van der Waals surface area contributed by atoms with E-state index >= 15 is 0 Å². The quantitative estimate of drug-likeness (QED) is 0.611. The molecular weight excluding hydrogens is 366 g/mol. The summed E-state index contributed by atoms with van der Waals surface area (Å²) in [5.74, 6) is 1.29. The van der Waals surface area contributed by atoms with Crippen LogP contribution in [0.5, 0.6) is 0 Å². The number of hydrogen-bond acceptors (Lipinski definition) is 3. The Morgan fingerprint density at radius 2 is 2.00 bits per heavy atom. The summed E-state index contributed by atoms with van der Waals surface area (Å²) in [5.41, 5.74) is 0.719. The van der Waals surface area contributed by atoms with Crippen LogP contribution in [-0.2, 0) is 4.74 Å². The number of ether oxygens (including phenoxy) is 1. The standard InChI is InChI=1S/C20H30BrNO2/c1-4-24-16(3)18-9-11-20(23,12-10-18)13-14-22-15(2)17-5-7-19(21)8-6-17/h5-8,15,18,22-23H,3-4,9-14H2,1-2H3/t15-,18?,20?/m0/s1. The van der Waals surface area contributed by atoms with Gasteiger partial charge in [0.1, 0.15) is 0 Å². The monoisotopic (exact) mass is 395 g/mol. The molecule has 1 atom stereocenters. The van der Waals surface area contributed by atoms with Crippen molar-refractivity contribution < 1.29 is 9.84 Å². The first-order valence-electron chi connectivity index (χ1n) is 8.96. The summed E-state index contributed by atoms with van der Waals surface area (Å²) in [5, 5.41) is 14.3. The lowest BCUT2D eigenvalue weighted by atomic mass is 9.76. The van der Waals surface area contributed by atoms with E-state index in [4.69, 9.17) is 4.74 Å². The summed E-state index contributed by atoms with van der Waals surface area (Å²) in [6, 6.07) is 8.67. The van der Waals surface area contributed by atoms with Crippen LogP contribution in [-0.4, -0.2) is 23.9 Å². The van der Waals surface area contributed by atoms with Gasteiger partial charge in [-0.3, -0.25) is 0 Å². The van der Waals surface area contributed by atoms with Crippen LogP contribution >= 0.6 is 15.9 Å². The van der Waals surface area contributed by atoms with E-state index in [1.165, 1.54) is 5.56 Å². The molecule has 0 aliphatic heterocycles. The largest absolute Gasteiger partial charge is 0.499 e. The van der Waals surface area contributed by atoms with Gasteiger partial charge in [-0.05, 0) is 70.2 Å². The zero-order valence-electron chi connectivity index (χ0n) is 14.9. The third-order valence-corrected chi connectivity index (χ3v) is 5.64. The van der Waals surface area contributed by atoms with Crippen LogP contribution < -0.4 is 5.32 Å². The van der Waals surface area contributed by atoms with Gasteiger partial charge in [0.25, 0.3) is 0 Å². The van der Waals surface area contributed by atoms with Crippen LogP contribution in [0.15, 0.2) is 41.1 Å². The molecule has 0 radical (unpaired) electrons. The zero-order chi connectivity index (χ0) is 17.6. The highest BCUT2D eigenvalue weighted by molar-refractivity contribution is 9.10. The van der Waals surface area contributed by atoms with Gasteiger partial charge in [-0.25, -0.2) is 0 Å². The highest BCUT2D eigenvalue weighted by Crippen LogP contribution is 2.37. The van der Waals surface area contributed by atoms with Crippen LogP contribution in [0.2, 0.25) is 0 Å². The Balaban J connectivity index is 1.74. The molecule has 0 bridgehead atoms. The molecule has 1 fully saturated rings. The average Bonchev–Trinajstić information content (AvgIpc) is 2.56. The van der Waals surface area contributed by atoms with Crippen molar-refractivity contribution in [2.75, 3.05) is 13.2 Å². The van der Waals surface area contributed by atoms with Crippen molar-refractivity contribution in [2.24, 2.45) is 5.92 Å². The Labute approximate surface area is 154 Å². The molecule has 1 aliphatic carbocycles. The van der Waals surface area contributed by atoms with E-state index in [0.717, 1.165) is 48.9 Å². The van der Waals surface area contributed by atoms with Crippen molar-refractivity contribution in [1.82, 2.24) is 5.32 Å². The van der Waals surface area contributed by atoms with Crippen LogP contribution in [0.3, 0.4) is 0 Å². The number of halogens is 1. The molecule has 24 heavy (non-hydrogen) atoms. The summed E-state index contributed by atoms with van der Waals surface area (Å²) in [6.45, 7) is 9.68. The number of aliphatic hydroxyl groups is 1. The molecule has 0 unspecified atom stereocenters. The Bertz CT molecular complexity index is 521. The molecule has 2 rings (SSSR count). The molecule has 4 heteroatoms. The predicted molar refractivity (Wildman–Crippen MR) is 103 cm³/mol. The van der Waals surface area contributed by atoms with Gasteiger partial charge >= 0.3 is 0 Å². The van der Waals surface area contributed by atoms with E-state index < -0.39 is 5.60 Å². The van der Waals surface area contributed by atoms with Gasteiger partial charge in [-0.2, -0.15) is 0 Å². The van der Waals surface area contributed by atoms with Gasteiger partial charge in [0.2, 0.25) is 0 Å². The second-order valence-electron chi connectivity index (χ2n) is 6.88. The molecule has 0 heterocycles. The van der Waals surface area contributed by atoms with Crippen LogP contribution in [0, 0.1) is 5.92 Å². The highest BCUT2D eigenvalue weighted by Gasteiger charge is 2.34. The summed E-state index contributed by atoms with van der Waals surface area (Å²) >= 11 is 3.46. The number of nitrogens with one attached hydrogen (secondary N) is 1. The Kier molecular flexibility index (Phi) is 7.33. The third kappa shape index (κ3) is 5.61. The first-order chi connectivity index (χ1) is 11.4. The summed E-state index contributed by atoms with van der Waals surface area (Å²) in [4.78, 5) is 0. The number of benzene rings is 1. The van der Waals surface area contributed by atoms with E-state index in [9.17, 15) is 5.11 Å². The van der Waals surface area contributed by atoms with Crippen molar-refractivity contribution >= 4 is 15.9 Å². The van der Waals surface area contributed by atoms with Crippen LogP contribution in [0.4, 0.5) is 0 Å². The summed E-state index contributed by atoms with van der Waals surface area (Å²) in [7, 11) is 0. The first kappa shape index (κ1) is 19.5. The maximum Gasteiger partial charge on any atom is 0.0918 e. The van der Waals surface area contributed by atoms with E-state index in [1.807, 2.05) is 6.92 Å². The molecule has 2 N–H and O–H groups in total. The van der Waals surface area contributed by atoms with Crippen molar-refractivity contribution in [3.8, 4) is 0 Å². The maximum absolute atomic E-state index is 10.8. The minimum Gasteiger partial charge on any atom is -0.499 e. The van der Waals surface area contributed by atoms with Crippen molar-refractivity contribution in [3.05, 3.63) is 46.6 Å². The lowest BCUT2D eigenvalue weighted by molar-refractivity contribution is -0.0184. The Morgan fingerprint density at radius 1 is 1.38 bits per heavy atom. The molecule has 0 spiro atoms. The topological polar surface area (TPSA) is 41.5 Å².